The number of hydrogen-bond donors (Lipinski definition) is 0. The van der Waals surface area contributed by atoms with E-state index in [1.165, 1.54) is 10.0 Å². The van der Waals surface area contributed by atoms with E-state index in [0.717, 1.165) is 10.2 Å². The summed E-state index contributed by atoms with van der Waals surface area (Å²) in [4.78, 5) is 0. The van der Waals surface area contributed by atoms with Gasteiger partial charge in [-0.25, -0.2) is 0 Å². The average molecular weight is 394 g/mol. The van der Waals surface area contributed by atoms with Crippen molar-refractivity contribution in [2.45, 2.75) is 6.10 Å². The first-order chi connectivity index (χ1) is 9.88. The van der Waals surface area contributed by atoms with Gasteiger partial charge in [0.25, 0.3) is 0 Å². The number of benzene rings is 1. The zero-order valence-electron chi connectivity index (χ0n) is 10.6. The predicted octanol–water partition coefficient (Wildman–Crippen LogP) is 2.36. The van der Waals surface area contributed by atoms with Crippen LogP contribution in [0.3, 0.4) is 0 Å². The van der Waals surface area contributed by atoms with E-state index >= 15 is 0 Å². The second-order valence-corrected chi connectivity index (χ2v) is 10.7. The summed E-state index contributed by atoms with van der Waals surface area (Å²) in [6.07, 6.45) is 11.0. The van der Waals surface area contributed by atoms with Crippen molar-refractivity contribution in [2.24, 2.45) is 5.92 Å². The Kier molecular flexibility index (Phi) is 3.33. The van der Waals surface area contributed by atoms with Gasteiger partial charge in [0.1, 0.15) is 0 Å². The summed E-state index contributed by atoms with van der Waals surface area (Å²) < 4.78 is 14.2. The quantitative estimate of drug-likeness (QED) is 0.747. The Bertz CT molecular complexity index is 694. The first kappa shape index (κ1) is 12.6. The minimum atomic E-state index is 0.225. The first-order valence-electron chi connectivity index (χ1n) is 6.45. The molecule has 20 heavy (non-hydrogen) atoms. The van der Waals surface area contributed by atoms with Crippen LogP contribution in [-0.4, -0.2) is 32.4 Å². The summed E-state index contributed by atoms with van der Waals surface area (Å²) in [5.74, 6) is 0.434. The van der Waals surface area contributed by atoms with Crippen molar-refractivity contribution in [3.8, 4) is 0 Å². The van der Waals surface area contributed by atoms with Crippen LogP contribution in [0.15, 0.2) is 69.8 Å². The van der Waals surface area contributed by atoms with E-state index in [2.05, 4.69) is 42.5 Å². The first-order valence-corrected chi connectivity index (χ1v) is 12.5. The Hall–Kier alpha value is -1.18. The third-order valence-corrected chi connectivity index (χ3v) is 9.58. The molecule has 0 spiro atoms. The second kappa shape index (κ2) is 5.31. The molecule has 1 aliphatic heterocycles. The van der Waals surface area contributed by atoms with Gasteiger partial charge < -0.3 is 0 Å². The standard InChI is InChI=1S/C16H12O2Se2/c1-3-7-13-11(5-1)9-15(17-13)19-20-16-10-12-6-2-4-8-14(12)18-16/h1-11,13H. The molecule has 1 aliphatic carbocycles. The van der Waals surface area contributed by atoms with E-state index in [9.17, 15) is 0 Å². The summed E-state index contributed by atoms with van der Waals surface area (Å²) in [7, 11) is 0. The molecule has 4 rings (SSSR count). The van der Waals surface area contributed by atoms with E-state index < -0.39 is 0 Å². The molecule has 0 fully saturated rings. The van der Waals surface area contributed by atoms with Gasteiger partial charge in [-0.15, -0.1) is 0 Å². The zero-order valence-corrected chi connectivity index (χ0v) is 14.0. The van der Waals surface area contributed by atoms with Gasteiger partial charge >= 0.3 is 128 Å². The van der Waals surface area contributed by atoms with Gasteiger partial charge in [-0.1, -0.05) is 0 Å². The van der Waals surface area contributed by atoms with Crippen LogP contribution in [0.25, 0.3) is 11.0 Å². The summed E-state index contributed by atoms with van der Waals surface area (Å²) >= 11 is 0.707. The predicted molar refractivity (Wildman–Crippen MR) is 82.1 cm³/mol. The van der Waals surface area contributed by atoms with E-state index in [1.807, 2.05) is 18.2 Å². The maximum atomic E-state index is 5.99. The maximum absolute atomic E-state index is 5.99. The van der Waals surface area contributed by atoms with Crippen LogP contribution in [-0.2, 0) is 4.74 Å². The van der Waals surface area contributed by atoms with Crippen molar-refractivity contribution in [2.75, 3.05) is 0 Å². The van der Waals surface area contributed by atoms with E-state index in [0.29, 0.717) is 32.2 Å². The molecule has 2 aliphatic rings. The van der Waals surface area contributed by atoms with Crippen LogP contribution in [0, 0.1) is 5.92 Å². The van der Waals surface area contributed by atoms with Crippen molar-refractivity contribution in [3.05, 3.63) is 65.4 Å². The Morgan fingerprint density at radius 1 is 1.00 bits per heavy atom. The Morgan fingerprint density at radius 2 is 1.90 bits per heavy atom. The molecule has 2 atom stereocenters. The zero-order chi connectivity index (χ0) is 13.4. The average Bonchev–Trinajstić information content (AvgIpc) is 3.07. The molecule has 1 aromatic carbocycles. The van der Waals surface area contributed by atoms with Gasteiger partial charge in [0.15, 0.2) is 0 Å². The van der Waals surface area contributed by atoms with Gasteiger partial charge in [-0.3, -0.25) is 0 Å². The van der Waals surface area contributed by atoms with Gasteiger partial charge in [0, 0.05) is 0 Å². The topological polar surface area (TPSA) is 22.4 Å². The van der Waals surface area contributed by atoms with Crippen LogP contribution in [0.5, 0.6) is 0 Å². The van der Waals surface area contributed by atoms with Crippen LogP contribution < -0.4 is 4.66 Å². The van der Waals surface area contributed by atoms with Crippen molar-refractivity contribution in [1.29, 1.82) is 0 Å². The summed E-state index contributed by atoms with van der Waals surface area (Å²) in [5, 5.41) is 1.20. The van der Waals surface area contributed by atoms with E-state index in [1.54, 1.807) is 0 Å². The number of ether oxygens (including phenoxy) is 1. The summed E-state index contributed by atoms with van der Waals surface area (Å²) in [6, 6.07) is 10.4. The van der Waals surface area contributed by atoms with Crippen LogP contribution in [0.4, 0.5) is 0 Å². The van der Waals surface area contributed by atoms with Crippen molar-refractivity contribution in [1.82, 2.24) is 0 Å². The Balaban J connectivity index is 1.46. The molecule has 2 aromatic rings. The van der Waals surface area contributed by atoms with Crippen LogP contribution in [0.2, 0.25) is 0 Å². The van der Waals surface area contributed by atoms with Gasteiger partial charge in [-0.05, 0) is 0 Å². The monoisotopic (exact) mass is 396 g/mol. The third-order valence-electron chi connectivity index (χ3n) is 3.31. The number of allylic oxidation sites excluding steroid dienone is 2. The molecule has 2 unspecified atom stereocenters. The number of fused-ring (bicyclic) bond motifs is 2. The fourth-order valence-electron chi connectivity index (χ4n) is 2.33. The molecule has 2 heterocycles. The normalized spacial score (nSPS) is 23.7. The molecule has 1 aromatic heterocycles. The van der Waals surface area contributed by atoms with E-state index in [4.69, 9.17) is 9.15 Å². The number of furan rings is 1. The molecular weight excluding hydrogens is 382 g/mol. The fraction of sp³-hybridized carbons (Fsp3) is 0.125. The van der Waals surface area contributed by atoms with Gasteiger partial charge in [0.05, 0.1) is 0 Å². The molecule has 0 radical (unpaired) electrons. The molecule has 0 bridgehead atoms. The summed E-state index contributed by atoms with van der Waals surface area (Å²) in [5.41, 5.74) is 0.987. The molecule has 4 heteroatoms. The Labute approximate surface area is 128 Å². The summed E-state index contributed by atoms with van der Waals surface area (Å²) in [6.45, 7) is 0. The SMILES string of the molecule is C1=CC2C=C([Se][Se]c3cc4ccccc4o3)OC2C=C1. The number of para-hydroxylation sites is 1. The van der Waals surface area contributed by atoms with E-state index in [-0.39, 0.29) is 6.10 Å². The second-order valence-electron chi connectivity index (χ2n) is 4.69. The fourth-order valence-corrected chi connectivity index (χ4v) is 7.78. The van der Waals surface area contributed by atoms with Crippen LogP contribution >= 0.6 is 0 Å². The molecule has 0 N–H and O–H groups in total. The Morgan fingerprint density at radius 3 is 2.80 bits per heavy atom. The van der Waals surface area contributed by atoms with Crippen molar-refractivity contribution in [3.63, 3.8) is 0 Å². The van der Waals surface area contributed by atoms with Crippen LogP contribution in [0.1, 0.15) is 0 Å². The van der Waals surface area contributed by atoms with Crippen molar-refractivity contribution >= 4 is 41.9 Å². The van der Waals surface area contributed by atoms with Crippen molar-refractivity contribution < 1.29 is 9.15 Å². The number of hydrogen-bond acceptors (Lipinski definition) is 2. The number of rotatable bonds is 3. The molecule has 0 saturated carbocycles. The molecular formula is C16H12O2Se2. The molecule has 100 valence electrons. The molecule has 2 nitrogen and oxygen atoms in total. The van der Waals surface area contributed by atoms with Gasteiger partial charge in [-0.2, -0.15) is 0 Å². The minimum absolute atomic E-state index is 0.225. The third kappa shape index (κ3) is 2.41. The van der Waals surface area contributed by atoms with Gasteiger partial charge in [0.2, 0.25) is 0 Å². The molecule has 0 saturated heterocycles. The molecule has 0 amide bonds.